The van der Waals surface area contributed by atoms with Crippen molar-refractivity contribution < 1.29 is 4.74 Å². The first-order valence-corrected chi connectivity index (χ1v) is 6.55. The van der Waals surface area contributed by atoms with Gasteiger partial charge in [-0.05, 0) is 37.8 Å². The lowest BCUT2D eigenvalue weighted by molar-refractivity contribution is 0.389. The van der Waals surface area contributed by atoms with Crippen LogP contribution in [0.5, 0.6) is 5.75 Å². The van der Waals surface area contributed by atoms with Gasteiger partial charge in [0.1, 0.15) is 5.75 Å². The normalized spacial score (nSPS) is 24.5. The molecule has 1 aliphatic rings. The zero-order valence-electron chi connectivity index (χ0n) is 11.3. The molecule has 2 rings (SSSR count). The summed E-state index contributed by atoms with van der Waals surface area (Å²) >= 11 is 0. The first kappa shape index (κ1) is 12.4. The smallest absolute Gasteiger partial charge is 0.123 e. The minimum absolute atomic E-state index is 0.449. The van der Waals surface area contributed by atoms with Crippen molar-refractivity contribution >= 4 is 0 Å². The lowest BCUT2D eigenvalue weighted by Gasteiger charge is -2.21. The van der Waals surface area contributed by atoms with Crippen molar-refractivity contribution in [1.29, 1.82) is 0 Å². The summed E-state index contributed by atoms with van der Waals surface area (Å²) in [5.74, 6) is 2.62. The molecule has 0 saturated heterocycles. The van der Waals surface area contributed by atoms with E-state index >= 15 is 0 Å². The predicted molar refractivity (Wildman–Crippen MR) is 71.4 cm³/mol. The van der Waals surface area contributed by atoms with Crippen molar-refractivity contribution in [2.45, 2.75) is 33.2 Å². The summed E-state index contributed by atoms with van der Waals surface area (Å²) in [4.78, 5) is 0. The molecule has 1 fully saturated rings. The summed E-state index contributed by atoms with van der Waals surface area (Å²) in [7, 11) is 1.76. The van der Waals surface area contributed by atoms with E-state index in [4.69, 9.17) is 4.74 Å². The molecule has 0 heterocycles. The number of aryl methyl sites for hydroxylation is 1. The maximum Gasteiger partial charge on any atom is 0.123 e. The van der Waals surface area contributed by atoms with E-state index in [1.54, 1.807) is 7.11 Å². The molecule has 1 aromatic carbocycles. The van der Waals surface area contributed by atoms with Crippen LogP contribution in [0, 0.1) is 18.8 Å². The van der Waals surface area contributed by atoms with Gasteiger partial charge in [0.25, 0.3) is 0 Å². The van der Waals surface area contributed by atoms with E-state index in [2.05, 4.69) is 44.3 Å². The first-order valence-electron chi connectivity index (χ1n) is 6.55. The fourth-order valence-electron chi connectivity index (χ4n) is 2.62. The van der Waals surface area contributed by atoms with Crippen LogP contribution in [0.4, 0.5) is 0 Å². The monoisotopic (exact) mass is 233 g/mol. The largest absolute Gasteiger partial charge is 0.496 e. The van der Waals surface area contributed by atoms with Crippen LogP contribution >= 0.6 is 0 Å². The topological polar surface area (TPSA) is 21.3 Å². The molecule has 3 atom stereocenters. The van der Waals surface area contributed by atoms with Gasteiger partial charge in [-0.25, -0.2) is 0 Å². The van der Waals surface area contributed by atoms with Crippen molar-refractivity contribution in [1.82, 2.24) is 5.32 Å². The minimum Gasteiger partial charge on any atom is -0.496 e. The number of hydrogen-bond acceptors (Lipinski definition) is 2. The fourth-order valence-corrected chi connectivity index (χ4v) is 2.62. The maximum atomic E-state index is 5.50. The van der Waals surface area contributed by atoms with E-state index < -0.39 is 0 Å². The van der Waals surface area contributed by atoms with E-state index in [1.165, 1.54) is 17.5 Å². The average Bonchev–Trinajstić information content (AvgIpc) is 3.03. The quantitative estimate of drug-likeness (QED) is 0.842. The molecule has 0 bridgehead atoms. The van der Waals surface area contributed by atoms with Crippen LogP contribution in [0.2, 0.25) is 0 Å². The highest BCUT2D eigenvalue weighted by atomic mass is 16.5. The van der Waals surface area contributed by atoms with Gasteiger partial charge in [-0.1, -0.05) is 31.5 Å². The molecule has 1 aliphatic carbocycles. The number of hydrogen-bond donors (Lipinski definition) is 1. The van der Waals surface area contributed by atoms with Gasteiger partial charge < -0.3 is 10.1 Å². The van der Waals surface area contributed by atoms with Gasteiger partial charge in [0, 0.05) is 11.6 Å². The lowest BCUT2D eigenvalue weighted by atomic mass is 9.98. The molecule has 1 N–H and O–H groups in total. The third-order valence-electron chi connectivity index (χ3n) is 3.74. The third-order valence-corrected chi connectivity index (χ3v) is 3.74. The van der Waals surface area contributed by atoms with Gasteiger partial charge in [0.15, 0.2) is 0 Å². The van der Waals surface area contributed by atoms with Crippen LogP contribution in [-0.2, 0) is 0 Å². The van der Waals surface area contributed by atoms with Crippen molar-refractivity contribution in [3.05, 3.63) is 29.3 Å². The Morgan fingerprint density at radius 3 is 2.71 bits per heavy atom. The summed E-state index contributed by atoms with van der Waals surface area (Å²) in [5, 5.41) is 3.61. The highest BCUT2D eigenvalue weighted by Crippen LogP contribution is 2.48. The maximum absolute atomic E-state index is 5.50. The molecule has 94 valence electrons. The molecule has 0 aromatic heterocycles. The molecule has 17 heavy (non-hydrogen) atoms. The Morgan fingerprint density at radius 2 is 2.18 bits per heavy atom. The summed E-state index contributed by atoms with van der Waals surface area (Å²) in [5.41, 5.74) is 2.63. The van der Waals surface area contributed by atoms with E-state index in [0.29, 0.717) is 6.04 Å². The van der Waals surface area contributed by atoms with Crippen molar-refractivity contribution in [2.75, 3.05) is 13.7 Å². The number of nitrogens with one attached hydrogen (secondary N) is 1. The Kier molecular flexibility index (Phi) is 3.72. The molecule has 0 aliphatic heterocycles. The Hall–Kier alpha value is -1.02. The Morgan fingerprint density at radius 1 is 1.47 bits per heavy atom. The molecule has 1 aromatic rings. The van der Waals surface area contributed by atoms with E-state index in [1.807, 2.05) is 0 Å². The molecule has 2 nitrogen and oxygen atoms in total. The minimum atomic E-state index is 0.449. The molecule has 2 heteroatoms. The standard InChI is InChI=1S/C15H23NO/c1-5-16-15(12-9-11(12)3)13-8-10(2)6-7-14(13)17-4/h6-8,11-12,15-16H,5,9H2,1-4H3. The third kappa shape index (κ3) is 2.63. The van der Waals surface area contributed by atoms with Crippen LogP contribution in [-0.4, -0.2) is 13.7 Å². The Balaban J connectivity index is 2.30. The average molecular weight is 233 g/mol. The van der Waals surface area contributed by atoms with Crippen LogP contribution in [0.1, 0.15) is 37.4 Å². The summed E-state index contributed by atoms with van der Waals surface area (Å²) < 4.78 is 5.50. The summed E-state index contributed by atoms with van der Waals surface area (Å²) in [6.45, 7) is 7.65. The molecular formula is C15H23NO. The van der Waals surface area contributed by atoms with E-state index in [0.717, 1.165) is 24.1 Å². The number of rotatable bonds is 5. The van der Waals surface area contributed by atoms with Gasteiger partial charge in [0.2, 0.25) is 0 Å². The zero-order chi connectivity index (χ0) is 12.4. The van der Waals surface area contributed by atoms with E-state index in [9.17, 15) is 0 Å². The summed E-state index contributed by atoms with van der Waals surface area (Å²) in [6.07, 6.45) is 1.33. The fraction of sp³-hybridized carbons (Fsp3) is 0.600. The van der Waals surface area contributed by atoms with Crippen LogP contribution in [0.3, 0.4) is 0 Å². The number of methoxy groups -OCH3 is 1. The number of benzene rings is 1. The number of ether oxygens (including phenoxy) is 1. The predicted octanol–water partition coefficient (Wildman–Crippen LogP) is 3.31. The Labute approximate surface area is 104 Å². The van der Waals surface area contributed by atoms with Crippen LogP contribution < -0.4 is 10.1 Å². The molecule has 0 spiro atoms. The second-order valence-corrected chi connectivity index (χ2v) is 5.16. The van der Waals surface area contributed by atoms with Crippen molar-refractivity contribution in [3.63, 3.8) is 0 Å². The van der Waals surface area contributed by atoms with Crippen LogP contribution in [0.25, 0.3) is 0 Å². The second-order valence-electron chi connectivity index (χ2n) is 5.16. The SMILES string of the molecule is CCNC(c1cc(C)ccc1OC)C1CC1C. The molecule has 0 radical (unpaired) electrons. The first-order chi connectivity index (χ1) is 8.17. The summed E-state index contributed by atoms with van der Waals surface area (Å²) in [6, 6.07) is 6.91. The zero-order valence-corrected chi connectivity index (χ0v) is 11.3. The molecule has 3 unspecified atom stereocenters. The highest BCUT2D eigenvalue weighted by Gasteiger charge is 2.40. The van der Waals surface area contributed by atoms with Crippen molar-refractivity contribution in [3.8, 4) is 5.75 Å². The van der Waals surface area contributed by atoms with Gasteiger partial charge in [0.05, 0.1) is 7.11 Å². The van der Waals surface area contributed by atoms with Gasteiger partial charge in [-0.3, -0.25) is 0 Å². The van der Waals surface area contributed by atoms with E-state index in [-0.39, 0.29) is 0 Å². The molecule has 0 amide bonds. The van der Waals surface area contributed by atoms with Crippen molar-refractivity contribution in [2.24, 2.45) is 11.8 Å². The molecule has 1 saturated carbocycles. The second kappa shape index (κ2) is 5.09. The van der Waals surface area contributed by atoms with Gasteiger partial charge in [-0.2, -0.15) is 0 Å². The highest BCUT2D eigenvalue weighted by molar-refractivity contribution is 5.40. The molecular weight excluding hydrogens is 210 g/mol. The Bertz CT molecular complexity index is 389. The van der Waals surface area contributed by atoms with Gasteiger partial charge in [-0.15, -0.1) is 0 Å². The van der Waals surface area contributed by atoms with Crippen LogP contribution in [0.15, 0.2) is 18.2 Å². The lowest BCUT2D eigenvalue weighted by Crippen LogP contribution is -2.23. The van der Waals surface area contributed by atoms with Gasteiger partial charge >= 0.3 is 0 Å².